The molecule has 31 heavy (non-hydrogen) atoms. The highest BCUT2D eigenvalue weighted by atomic mass is 16.5. The minimum absolute atomic E-state index is 0.245. The van der Waals surface area contributed by atoms with E-state index in [4.69, 9.17) is 4.74 Å². The summed E-state index contributed by atoms with van der Waals surface area (Å²) in [5.41, 5.74) is 3.60. The number of anilines is 1. The Hall–Kier alpha value is -4.39. The predicted molar refractivity (Wildman–Crippen MR) is 120 cm³/mol. The molecule has 0 bridgehead atoms. The molecule has 0 atom stereocenters. The number of rotatable bonds is 5. The highest BCUT2D eigenvalue weighted by Crippen LogP contribution is 2.28. The third-order valence-corrected chi connectivity index (χ3v) is 5.02. The van der Waals surface area contributed by atoms with Gasteiger partial charge in [-0.05, 0) is 30.3 Å². The number of aromatic nitrogens is 4. The maximum absolute atomic E-state index is 12.9. The first-order chi connectivity index (χ1) is 15.2. The Labute approximate surface area is 178 Å². The van der Waals surface area contributed by atoms with Crippen molar-refractivity contribution in [3.05, 3.63) is 84.6 Å². The number of ether oxygens (including phenoxy) is 1. The standard InChI is InChI=1S/C24H19N5O2/c1-31-17-12-11-16-13-21(25-20(16)14-17)24(30)26-19-10-6-5-9-18(19)23-27-22(28-29-23)15-7-3-2-4-8-15/h2-14,25H,1H3,(H,26,30)(H,27,28,29). The van der Waals surface area contributed by atoms with Gasteiger partial charge in [0.2, 0.25) is 0 Å². The zero-order valence-electron chi connectivity index (χ0n) is 16.7. The number of fused-ring (bicyclic) bond motifs is 1. The smallest absolute Gasteiger partial charge is 0.272 e. The first-order valence-electron chi connectivity index (χ1n) is 9.76. The fourth-order valence-corrected chi connectivity index (χ4v) is 3.44. The summed E-state index contributed by atoms with van der Waals surface area (Å²) in [6.07, 6.45) is 0. The molecular weight excluding hydrogens is 390 g/mol. The van der Waals surface area contributed by atoms with E-state index < -0.39 is 0 Å². The molecule has 0 aliphatic carbocycles. The fraction of sp³-hybridized carbons (Fsp3) is 0.0417. The summed E-state index contributed by atoms with van der Waals surface area (Å²) in [7, 11) is 1.61. The van der Waals surface area contributed by atoms with Gasteiger partial charge in [-0.2, -0.15) is 5.10 Å². The molecule has 5 rings (SSSR count). The van der Waals surface area contributed by atoms with E-state index in [1.165, 1.54) is 0 Å². The van der Waals surface area contributed by atoms with Gasteiger partial charge < -0.3 is 15.0 Å². The van der Waals surface area contributed by atoms with Crippen molar-refractivity contribution in [2.75, 3.05) is 12.4 Å². The van der Waals surface area contributed by atoms with Gasteiger partial charge in [-0.25, -0.2) is 4.98 Å². The van der Waals surface area contributed by atoms with Crippen molar-refractivity contribution in [1.29, 1.82) is 0 Å². The van der Waals surface area contributed by atoms with Gasteiger partial charge in [0.05, 0.1) is 12.8 Å². The lowest BCUT2D eigenvalue weighted by atomic mass is 10.1. The summed E-state index contributed by atoms with van der Waals surface area (Å²) in [6.45, 7) is 0. The van der Waals surface area contributed by atoms with Crippen molar-refractivity contribution in [3.8, 4) is 28.5 Å². The molecule has 152 valence electrons. The molecule has 5 aromatic rings. The van der Waals surface area contributed by atoms with Crippen LogP contribution >= 0.6 is 0 Å². The van der Waals surface area contributed by atoms with Crippen molar-refractivity contribution in [1.82, 2.24) is 20.2 Å². The van der Waals surface area contributed by atoms with Crippen molar-refractivity contribution in [2.24, 2.45) is 0 Å². The number of methoxy groups -OCH3 is 1. The van der Waals surface area contributed by atoms with E-state index in [-0.39, 0.29) is 5.91 Å². The maximum Gasteiger partial charge on any atom is 0.272 e. The Balaban J connectivity index is 1.43. The molecule has 0 spiro atoms. The number of carbonyl (C=O) groups is 1. The Bertz CT molecular complexity index is 1370. The normalized spacial score (nSPS) is 10.9. The molecule has 7 nitrogen and oxygen atoms in total. The number of hydrogen-bond acceptors (Lipinski definition) is 4. The average molecular weight is 409 g/mol. The highest BCUT2D eigenvalue weighted by Gasteiger charge is 2.15. The monoisotopic (exact) mass is 409 g/mol. The van der Waals surface area contributed by atoms with Crippen molar-refractivity contribution in [2.45, 2.75) is 0 Å². The van der Waals surface area contributed by atoms with Gasteiger partial charge in [-0.1, -0.05) is 42.5 Å². The van der Waals surface area contributed by atoms with E-state index in [0.717, 1.165) is 27.8 Å². The quantitative estimate of drug-likeness (QED) is 0.385. The van der Waals surface area contributed by atoms with E-state index >= 15 is 0 Å². The summed E-state index contributed by atoms with van der Waals surface area (Å²) >= 11 is 0. The molecular formula is C24H19N5O2. The first-order valence-corrected chi connectivity index (χ1v) is 9.76. The minimum atomic E-state index is -0.245. The molecule has 1 amide bonds. The van der Waals surface area contributed by atoms with Gasteiger partial charge >= 0.3 is 0 Å². The van der Waals surface area contributed by atoms with Gasteiger partial charge in [0.15, 0.2) is 11.6 Å². The third kappa shape index (κ3) is 3.64. The summed E-state index contributed by atoms with van der Waals surface area (Å²) in [4.78, 5) is 20.7. The van der Waals surface area contributed by atoms with Crippen LogP contribution in [-0.4, -0.2) is 33.2 Å². The molecule has 7 heteroatoms. The van der Waals surface area contributed by atoms with Gasteiger partial charge in [0.25, 0.3) is 5.91 Å². The van der Waals surface area contributed by atoms with Crippen LogP contribution in [0.15, 0.2) is 78.9 Å². The second kappa shape index (κ2) is 7.79. The second-order valence-electron chi connectivity index (χ2n) is 7.01. The van der Waals surface area contributed by atoms with Crippen LogP contribution in [-0.2, 0) is 0 Å². The molecule has 3 aromatic carbocycles. The zero-order valence-corrected chi connectivity index (χ0v) is 16.7. The van der Waals surface area contributed by atoms with Gasteiger partial charge in [-0.15, -0.1) is 0 Å². The minimum Gasteiger partial charge on any atom is -0.497 e. The summed E-state index contributed by atoms with van der Waals surface area (Å²) in [6, 6.07) is 24.7. The fourth-order valence-electron chi connectivity index (χ4n) is 3.44. The van der Waals surface area contributed by atoms with Crippen LogP contribution in [0.1, 0.15) is 10.5 Å². The maximum atomic E-state index is 12.9. The number of hydrogen-bond donors (Lipinski definition) is 3. The lowest BCUT2D eigenvalue weighted by molar-refractivity contribution is 0.102. The van der Waals surface area contributed by atoms with Crippen molar-refractivity contribution in [3.63, 3.8) is 0 Å². The number of amides is 1. The average Bonchev–Trinajstić information content (AvgIpc) is 3.47. The Morgan fingerprint density at radius 2 is 1.77 bits per heavy atom. The zero-order chi connectivity index (χ0) is 21.2. The molecule has 2 heterocycles. The molecule has 2 aromatic heterocycles. The van der Waals surface area contributed by atoms with Crippen LogP contribution in [0.3, 0.4) is 0 Å². The van der Waals surface area contributed by atoms with Crippen LogP contribution in [0, 0.1) is 0 Å². The van der Waals surface area contributed by atoms with E-state index in [1.807, 2.05) is 78.9 Å². The van der Waals surface area contributed by atoms with E-state index in [0.29, 0.717) is 23.0 Å². The number of carbonyl (C=O) groups excluding carboxylic acids is 1. The van der Waals surface area contributed by atoms with E-state index in [1.54, 1.807) is 7.11 Å². The largest absolute Gasteiger partial charge is 0.497 e. The SMILES string of the molecule is COc1ccc2cc(C(=O)Nc3ccccc3-c3nc(-c4ccccc4)n[nH]3)[nH]c2c1. The van der Waals surface area contributed by atoms with E-state index in [2.05, 4.69) is 25.5 Å². The first kappa shape index (κ1) is 18.6. The van der Waals surface area contributed by atoms with Gasteiger partial charge in [0.1, 0.15) is 11.4 Å². The number of H-pyrrole nitrogens is 2. The lowest BCUT2D eigenvalue weighted by Gasteiger charge is -2.08. The molecule has 0 aliphatic heterocycles. The number of para-hydroxylation sites is 1. The molecule has 0 fully saturated rings. The van der Waals surface area contributed by atoms with E-state index in [9.17, 15) is 4.79 Å². The van der Waals surface area contributed by atoms with Crippen LogP contribution in [0.25, 0.3) is 33.7 Å². The molecule has 3 N–H and O–H groups in total. The Morgan fingerprint density at radius 1 is 0.968 bits per heavy atom. The summed E-state index contributed by atoms with van der Waals surface area (Å²) < 4.78 is 5.25. The number of benzene rings is 3. The molecule has 0 radical (unpaired) electrons. The Kier molecular flexibility index (Phi) is 4.68. The predicted octanol–water partition coefficient (Wildman–Crippen LogP) is 4.88. The third-order valence-electron chi connectivity index (χ3n) is 5.02. The lowest BCUT2D eigenvalue weighted by Crippen LogP contribution is -2.13. The molecule has 0 saturated heterocycles. The number of aromatic amines is 2. The van der Waals surface area contributed by atoms with Crippen LogP contribution < -0.4 is 10.1 Å². The van der Waals surface area contributed by atoms with Gasteiger partial charge in [-0.3, -0.25) is 9.89 Å². The van der Waals surface area contributed by atoms with Crippen molar-refractivity contribution >= 4 is 22.5 Å². The highest BCUT2D eigenvalue weighted by molar-refractivity contribution is 6.07. The summed E-state index contributed by atoms with van der Waals surface area (Å²) in [5, 5.41) is 11.2. The van der Waals surface area contributed by atoms with Crippen LogP contribution in [0.5, 0.6) is 5.75 Å². The second-order valence-corrected chi connectivity index (χ2v) is 7.01. The molecule has 0 unspecified atom stereocenters. The van der Waals surface area contributed by atoms with Gasteiger partial charge in [0, 0.05) is 28.1 Å². The van der Waals surface area contributed by atoms with Crippen LogP contribution in [0.2, 0.25) is 0 Å². The van der Waals surface area contributed by atoms with Crippen molar-refractivity contribution < 1.29 is 9.53 Å². The molecule has 0 aliphatic rings. The summed E-state index contributed by atoms with van der Waals surface area (Å²) in [5.74, 6) is 1.66. The number of nitrogens with one attached hydrogen (secondary N) is 3. The molecule has 0 saturated carbocycles. The topological polar surface area (TPSA) is 95.7 Å². The Morgan fingerprint density at radius 3 is 2.61 bits per heavy atom. The van der Waals surface area contributed by atoms with Crippen LogP contribution in [0.4, 0.5) is 5.69 Å². The number of nitrogens with zero attached hydrogens (tertiary/aromatic N) is 2.